The summed E-state index contributed by atoms with van der Waals surface area (Å²) in [6.45, 7) is 6.32. The third kappa shape index (κ3) is 4.37. The Labute approximate surface area is 131 Å². The van der Waals surface area contributed by atoms with Crippen molar-refractivity contribution in [3.05, 3.63) is 23.4 Å². The fourth-order valence-electron chi connectivity index (χ4n) is 2.30. The van der Waals surface area contributed by atoms with Crippen LogP contribution in [0.2, 0.25) is 0 Å². The normalized spacial score (nSPS) is 19.1. The summed E-state index contributed by atoms with van der Waals surface area (Å²) in [5, 5.41) is 6.19. The summed E-state index contributed by atoms with van der Waals surface area (Å²) >= 11 is 1.92. The van der Waals surface area contributed by atoms with Crippen LogP contribution in [-0.4, -0.2) is 35.5 Å². The van der Waals surface area contributed by atoms with Gasteiger partial charge in [-0.3, -0.25) is 4.79 Å². The molecule has 0 bridgehead atoms. The highest BCUT2D eigenvalue weighted by atomic mass is 32.2. The SMILES string of the molecule is CNc1cc(C(=O)NC2CCCSC2)cc(C(C)(C)C)n1. The zero-order valence-corrected chi connectivity index (χ0v) is 14.1. The predicted molar refractivity (Wildman–Crippen MR) is 90.3 cm³/mol. The van der Waals surface area contributed by atoms with Crippen molar-refractivity contribution in [3.8, 4) is 0 Å². The first-order chi connectivity index (χ1) is 9.90. The third-order valence-electron chi connectivity index (χ3n) is 3.61. The quantitative estimate of drug-likeness (QED) is 0.901. The van der Waals surface area contributed by atoms with E-state index in [0.29, 0.717) is 11.6 Å². The second-order valence-electron chi connectivity index (χ2n) is 6.51. The molecule has 1 unspecified atom stereocenters. The van der Waals surface area contributed by atoms with E-state index >= 15 is 0 Å². The highest BCUT2D eigenvalue weighted by Crippen LogP contribution is 2.24. The average Bonchev–Trinajstić information content (AvgIpc) is 2.46. The van der Waals surface area contributed by atoms with Crippen molar-refractivity contribution in [1.82, 2.24) is 10.3 Å². The van der Waals surface area contributed by atoms with E-state index in [4.69, 9.17) is 0 Å². The molecule has 1 aliphatic rings. The topological polar surface area (TPSA) is 54.0 Å². The van der Waals surface area contributed by atoms with Crippen molar-refractivity contribution in [3.63, 3.8) is 0 Å². The second-order valence-corrected chi connectivity index (χ2v) is 7.66. The van der Waals surface area contributed by atoms with Crippen LogP contribution in [-0.2, 0) is 5.41 Å². The Balaban J connectivity index is 2.19. The highest BCUT2D eigenvalue weighted by Gasteiger charge is 2.21. The molecule has 0 radical (unpaired) electrons. The van der Waals surface area contributed by atoms with Crippen LogP contribution >= 0.6 is 11.8 Å². The fourth-order valence-corrected chi connectivity index (χ4v) is 3.37. The van der Waals surface area contributed by atoms with Gasteiger partial charge in [0.25, 0.3) is 5.91 Å². The third-order valence-corrected chi connectivity index (χ3v) is 4.82. The van der Waals surface area contributed by atoms with Crippen molar-refractivity contribution < 1.29 is 4.79 Å². The molecule has 0 aromatic carbocycles. The molecular formula is C16H25N3OS. The molecule has 0 aliphatic carbocycles. The number of pyridine rings is 1. The molecule has 1 aliphatic heterocycles. The van der Waals surface area contributed by atoms with Crippen LogP contribution in [0.15, 0.2) is 12.1 Å². The van der Waals surface area contributed by atoms with E-state index < -0.39 is 0 Å². The van der Waals surface area contributed by atoms with Crippen LogP contribution in [0.25, 0.3) is 0 Å². The Morgan fingerprint density at radius 2 is 2.14 bits per heavy atom. The molecule has 1 amide bonds. The van der Waals surface area contributed by atoms with Gasteiger partial charge in [-0.25, -0.2) is 4.98 Å². The molecule has 2 N–H and O–H groups in total. The van der Waals surface area contributed by atoms with Gasteiger partial charge in [0.2, 0.25) is 0 Å². The standard InChI is InChI=1S/C16H25N3OS/c1-16(2,3)13-8-11(9-14(17-4)19-13)15(20)18-12-6-5-7-21-10-12/h8-9,12H,5-7,10H2,1-4H3,(H,17,19)(H,18,20). The molecule has 1 atom stereocenters. The number of rotatable bonds is 3. The Hall–Kier alpha value is -1.23. The summed E-state index contributed by atoms with van der Waals surface area (Å²) in [6.07, 6.45) is 2.26. The first-order valence-corrected chi connectivity index (χ1v) is 8.64. The summed E-state index contributed by atoms with van der Waals surface area (Å²) in [6, 6.07) is 4.02. The van der Waals surface area contributed by atoms with Gasteiger partial charge in [0.15, 0.2) is 0 Å². The van der Waals surface area contributed by atoms with Gasteiger partial charge in [-0.05, 0) is 30.7 Å². The van der Waals surface area contributed by atoms with Crippen LogP contribution < -0.4 is 10.6 Å². The first kappa shape index (κ1) is 16.1. The monoisotopic (exact) mass is 307 g/mol. The van der Waals surface area contributed by atoms with Crippen LogP contribution in [0.4, 0.5) is 5.82 Å². The summed E-state index contributed by atoms with van der Waals surface area (Å²) < 4.78 is 0. The molecule has 1 fully saturated rings. The number of hydrogen-bond donors (Lipinski definition) is 2. The molecule has 5 heteroatoms. The maximum atomic E-state index is 12.5. The molecule has 1 saturated heterocycles. The molecule has 21 heavy (non-hydrogen) atoms. The summed E-state index contributed by atoms with van der Waals surface area (Å²) in [7, 11) is 1.83. The minimum Gasteiger partial charge on any atom is -0.373 e. The first-order valence-electron chi connectivity index (χ1n) is 7.49. The minimum absolute atomic E-state index is 0.00639. The smallest absolute Gasteiger partial charge is 0.251 e. The van der Waals surface area contributed by atoms with Gasteiger partial charge in [-0.2, -0.15) is 11.8 Å². The van der Waals surface area contributed by atoms with Crippen molar-refractivity contribution in [2.45, 2.75) is 45.1 Å². The largest absolute Gasteiger partial charge is 0.373 e. The van der Waals surface area contributed by atoms with Gasteiger partial charge in [0, 0.05) is 35.5 Å². The number of carbonyl (C=O) groups is 1. The van der Waals surface area contributed by atoms with Gasteiger partial charge in [0.1, 0.15) is 5.82 Å². The maximum Gasteiger partial charge on any atom is 0.251 e. The molecule has 2 heterocycles. The van der Waals surface area contributed by atoms with Crippen molar-refractivity contribution in [2.75, 3.05) is 23.9 Å². The van der Waals surface area contributed by atoms with Crippen molar-refractivity contribution in [2.24, 2.45) is 0 Å². The van der Waals surface area contributed by atoms with E-state index in [0.717, 1.165) is 23.7 Å². The van der Waals surface area contributed by atoms with E-state index in [1.165, 1.54) is 12.2 Å². The van der Waals surface area contributed by atoms with Crippen molar-refractivity contribution in [1.29, 1.82) is 0 Å². The van der Waals surface area contributed by atoms with Crippen molar-refractivity contribution >= 4 is 23.5 Å². The number of aromatic nitrogens is 1. The zero-order chi connectivity index (χ0) is 15.5. The Bertz CT molecular complexity index is 505. The van der Waals surface area contributed by atoms with Gasteiger partial charge in [0.05, 0.1) is 0 Å². The van der Waals surface area contributed by atoms with E-state index in [2.05, 4.69) is 36.4 Å². The molecule has 4 nitrogen and oxygen atoms in total. The zero-order valence-electron chi connectivity index (χ0n) is 13.3. The van der Waals surface area contributed by atoms with Gasteiger partial charge < -0.3 is 10.6 Å². The van der Waals surface area contributed by atoms with E-state index in [1.54, 1.807) is 0 Å². The Kier molecular flexibility index (Phi) is 5.14. The highest BCUT2D eigenvalue weighted by molar-refractivity contribution is 7.99. The molecule has 2 rings (SSSR count). The second kappa shape index (κ2) is 6.69. The maximum absolute atomic E-state index is 12.5. The molecular weight excluding hydrogens is 282 g/mol. The lowest BCUT2D eigenvalue weighted by molar-refractivity contribution is 0.0938. The Morgan fingerprint density at radius 1 is 1.38 bits per heavy atom. The molecule has 0 spiro atoms. The van der Waals surface area contributed by atoms with Gasteiger partial charge in [-0.15, -0.1) is 0 Å². The van der Waals surface area contributed by atoms with Crippen LogP contribution in [0.1, 0.15) is 49.7 Å². The lowest BCUT2D eigenvalue weighted by Gasteiger charge is -2.23. The van der Waals surface area contributed by atoms with Crippen LogP contribution in [0, 0.1) is 0 Å². The van der Waals surface area contributed by atoms with Crippen LogP contribution in [0.5, 0.6) is 0 Å². The molecule has 0 saturated carbocycles. The number of thioether (sulfide) groups is 1. The Morgan fingerprint density at radius 3 is 2.71 bits per heavy atom. The number of hydrogen-bond acceptors (Lipinski definition) is 4. The lowest BCUT2D eigenvalue weighted by Crippen LogP contribution is -2.38. The molecule has 1 aromatic rings. The summed E-state index contributed by atoms with van der Waals surface area (Å²) in [4.78, 5) is 17.0. The average molecular weight is 307 g/mol. The summed E-state index contributed by atoms with van der Waals surface area (Å²) in [5.74, 6) is 2.97. The number of carbonyl (C=O) groups excluding carboxylic acids is 1. The number of amides is 1. The lowest BCUT2D eigenvalue weighted by atomic mass is 9.90. The van der Waals surface area contributed by atoms with E-state index in [1.807, 2.05) is 30.9 Å². The number of anilines is 1. The van der Waals surface area contributed by atoms with Gasteiger partial charge >= 0.3 is 0 Å². The van der Waals surface area contributed by atoms with Gasteiger partial charge in [-0.1, -0.05) is 20.8 Å². The van der Waals surface area contributed by atoms with E-state index in [9.17, 15) is 4.79 Å². The molecule has 1 aromatic heterocycles. The predicted octanol–water partition coefficient (Wildman–Crippen LogP) is 3.05. The number of nitrogens with one attached hydrogen (secondary N) is 2. The number of nitrogens with zero attached hydrogens (tertiary/aromatic N) is 1. The summed E-state index contributed by atoms with van der Waals surface area (Å²) in [5.41, 5.74) is 1.54. The fraction of sp³-hybridized carbons (Fsp3) is 0.625. The van der Waals surface area contributed by atoms with E-state index in [-0.39, 0.29) is 11.3 Å². The molecule has 116 valence electrons. The minimum atomic E-state index is -0.0808. The van der Waals surface area contributed by atoms with Crippen LogP contribution in [0.3, 0.4) is 0 Å².